The molecule has 0 aromatic rings. The molecule has 14 heavy (non-hydrogen) atoms. The van der Waals surface area contributed by atoms with Crippen LogP contribution < -0.4 is 5.73 Å². The van der Waals surface area contributed by atoms with Crippen molar-refractivity contribution in [1.82, 2.24) is 4.90 Å². The van der Waals surface area contributed by atoms with E-state index >= 15 is 0 Å². The molecule has 0 amide bonds. The highest BCUT2D eigenvalue weighted by molar-refractivity contribution is 4.74. The third-order valence-electron chi connectivity index (χ3n) is 3.01. The fourth-order valence-electron chi connectivity index (χ4n) is 2.20. The van der Waals surface area contributed by atoms with Crippen LogP contribution in [0.1, 0.15) is 32.1 Å². The number of ether oxygens (including phenoxy) is 1. The lowest BCUT2D eigenvalue weighted by Crippen LogP contribution is -2.42. The molecule has 1 atom stereocenters. The van der Waals surface area contributed by atoms with Gasteiger partial charge in [-0.3, -0.25) is 4.90 Å². The van der Waals surface area contributed by atoms with Gasteiger partial charge in [-0.25, -0.2) is 0 Å². The van der Waals surface area contributed by atoms with Crippen molar-refractivity contribution >= 4 is 0 Å². The van der Waals surface area contributed by atoms with E-state index in [9.17, 15) is 0 Å². The first-order valence-corrected chi connectivity index (χ1v) is 5.81. The van der Waals surface area contributed by atoms with E-state index in [1.54, 1.807) is 7.11 Å². The Morgan fingerprint density at radius 1 is 1.29 bits per heavy atom. The van der Waals surface area contributed by atoms with Crippen molar-refractivity contribution in [3.05, 3.63) is 0 Å². The minimum atomic E-state index is 0.601. The number of hydrogen-bond donors (Lipinski definition) is 1. The van der Waals surface area contributed by atoms with Crippen molar-refractivity contribution in [3.63, 3.8) is 0 Å². The molecule has 1 aliphatic rings. The lowest BCUT2D eigenvalue weighted by atomic mass is 10.1. The van der Waals surface area contributed by atoms with Crippen LogP contribution in [0.3, 0.4) is 0 Å². The van der Waals surface area contributed by atoms with Gasteiger partial charge in [0.05, 0.1) is 6.61 Å². The maximum atomic E-state index is 5.54. The highest BCUT2D eigenvalue weighted by Gasteiger charge is 2.19. The number of nitrogens with two attached hydrogens (primary N) is 1. The van der Waals surface area contributed by atoms with E-state index in [1.165, 1.54) is 38.8 Å². The lowest BCUT2D eigenvalue weighted by Gasteiger charge is -2.34. The Balaban J connectivity index is 2.30. The second-order valence-electron chi connectivity index (χ2n) is 4.14. The molecule has 3 nitrogen and oxygen atoms in total. The van der Waals surface area contributed by atoms with Crippen molar-refractivity contribution < 1.29 is 4.74 Å². The van der Waals surface area contributed by atoms with Crippen molar-refractivity contribution in [2.75, 3.05) is 33.4 Å². The van der Waals surface area contributed by atoms with E-state index in [2.05, 4.69) is 4.90 Å². The van der Waals surface area contributed by atoms with Crippen LogP contribution in [-0.2, 0) is 4.74 Å². The van der Waals surface area contributed by atoms with E-state index in [0.717, 1.165) is 19.6 Å². The molecule has 0 radical (unpaired) electrons. The van der Waals surface area contributed by atoms with E-state index in [1.807, 2.05) is 0 Å². The van der Waals surface area contributed by atoms with Gasteiger partial charge in [0.2, 0.25) is 0 Å². The maximum absolute atomic E-state index is 5.54. The van der Waals surface area contributed by atoms with Gasteiger partial charge in [-0.15, -0.1) is 0 Å². The maximum Gasteiger partial charge on any atom is 0.0618 e. The summed E-state index contributed by atoms with van der Waals surface area (Å²) in [5.74, 6) is 0. The topological polar surface area (TPSA) is 38.5 Å². The molecule has 1 saturated heterocycles. The molecule has 1 unspecified atom stereocenters. The van der Waals surface area contributed by atoms with Crippen molar-refractivity contribution in [2.24, 2.45) is 5.73 Å². The molecular weight excluding hydrogens is 176 g/mol. The van der Waals surface area contributed by atoms with Crippen molar-refractivity contribution in [3.8, 4) is 0 Å². The minimum Gasteiger partial charge on any atom is -0.383 e. The molecular formula is C11H24N2O. The number of hydrogen-bond acceptors (Lipinski definition) is 3. The van der Waals surface area contributed by atoms with Gasteiger partial charge in [0.15, 0.2) is 0 Å². The van der Waals surface area contributed by atoms with Crippen LogP contribution in [0.4, 0.5) is 0 Å². The Morgan fingerprint density at radius 3 is 2.57 bits per heavy atom. The molecule has 84 valence electrons. The van der Waals surface area contributed by atoms with E-state index in [-0.39, 0.29) is 0 Å². The first-order chi connectivity index (χ1) is 6.88. The molecule has 2 N–H and O–H groups in total. The first kappa shape index (κ1) is 12.0. The summed E-state index contributed by atoms with van der Waals surface area (Å²) in [5, 5.41) is 0. The summed E-state index contributed by atoms with van der Waals surface area (Å²) in [6.45, 7) is 4.16. The Labute approximate surface area is 87.6 Å². The molecule has 3 heteroatoms. The minimum absolute atomic E-state index is 0.601. The van der Waals surface area contributed by atoms with Gasteiger partial charge >= 0.3 is 0 Å². The summed E-state index contributed by atoms with van der Waals surface area (Å²) in [6, 6.07) is 0.601. The smallest absolute Gasteiger partial charge is 0.0618 e. The Morgan fingerprint density at radius 2 is 2.00 bits per heavy atom. The van der Waals surface area contributed by atoms with Gasteiger partial charge in [-0.2, -0.15) is 0 Å². The van der Waals surface area contributed by atoms with Gasteiger partial charge in [0.25, 0.3) is 0 Å². The number of nitrogens with zero attached hydrogens (tertiary/aromatic N) is 1. The van der Waals surface area contributed by atoms with E-state index < -0.39 is 0 Å². The number of likely N-dealkylation sites (tertiary alicyclic amines) is 1. The van der Waals surface area contributed by atoms with Gasteiger partial charge in [0, 0.05) is 13.2 Å². The Hall–Kier alpha value is -0.120. The van der Waals surface area contributed by atoms with Gasteiger partial charge in [-0.05, 0) is 45.3 Å². The highest BCUT2D eigenvalue weighted by Crippen LogP contribution is 2.15. The first-order valence-electron chi connectivity index (χ1n) is 5.81. The average Bonchev–Trinajstić information content (AvgIpc) is 2.25. The summed E-state index contributed by atoms with van der Waals surface area (Å²) in [4.78, 5) is 2.57. The second kappa shape index (κ2) is 7.21. The van der Waals surface area contributed by atoms with Crippen LogP contribution in [0, 0.1) is 0 Å². The molecule has 0 aromatic carbocycles. The monoisotopic (exact) mass is 200 g/mol. The van der Waals surface area contributed by atoms with E-state index in [4.69, 9.17) is 10.5 Å². The summed E-state index contributed by atoms with van der Waals surface area (Å²) in [6.07, 6.45) is 6.40. The molecule has 0 bridgehead atoms. The Bertz CT molecular complexity index is 135. The summed E-state index contributed by atoms with van der Waals surface area (Å²) < 4.78 is 5.27. The molecule has 1 fully saturated rings. The third kappa shape index (κ3) is 3.95. The van der Waals surface area contributed by atoms with Crippen molar-refractivity contribution in [2.45, 2.75) is 38.1 Å². The van der Waals surface area contributed by atoms with Crippen LogP contribution >= 0.6 is 0 Å². The second-order valence-corrected chi connectivity index (χ2v) is 4.14. The summed E-state index contributed by atoms with van der Waals surface area (Å²) in [7, 11) is 1.79. The van der Waals surface area contributed by atoms with Crippen LogP contribution in [0.15, 0.2) is 0 Å². The fraction of sp³-hybridized carbons (Fsp3) is 1.00. The zero-order valence-electron chi connectivity index (χ0n) is 9.37. The summed E-state index contributed by atoms with van der Waals surface area (Å²) in [5.41, 5.74) is 5.54. The Kier molecular flexibility index (Phi) is 6.15. The van der Waals surface area contributed by atoms with Gasteiger partial charge < -0.3 is 10.5 Å². The van der Waals surface area contributed by atoms with Crippen molar-refractivity contribution in [1.29, 1.82) is 0 Å². The molecule has 0 aromatic heterocycles. The van der Waals surface area contributed by atoms with Gasteiger partial charge in [-0.1, -0.05) is 6.42 Å². The van der Waals surface area contributed by atoms with Gasteiger partial charge in [0.1, 0.15) is 0 Å². The standard InChI is InChI=1S/C11H24N2O/c1-14-10-11(6-5-7-12)13-8-3-2-4-9-13/h11H,2-10,12H2,1H3. The molecule has 0 spiro atoms. The number of methoxy groups -OCH3 is 1. The van der Waals surface area contributed by atoms with Crippen LogP contribution in [0.2, 0.25) is 0 Å². The predicted molar refractivity (Wildman–Crippen MR) is 59.4 cm³/mol. The fourth-order valence-corrected chi connectivity index (χ4v) is 2.20. The van der Waals surface area contributed by atoms with Crippen LogP contribution in [0.25, 0.3) is 0 Å². The lowest BCUT2D eigenvalue weighted by molar-refractivity contribution is 0.0715. The van der Waals surface area contributed by atoms with Crippen LogP contribution in [0.5, 0.6) is 0 Å². The SMILES string of the molecule is COCC(CCCN)N1CCCCC1. The average molecular weight is 200 g/mol. The third-order valence-corrected chi connectivity index (χ3v) is 3.01. The molecule has 1 aliphatic heterocycles. The predicted octanol–water partition coefficient (Wildman–Crippen LogP) is 1.23. The molecule has 0 saturated carbocycles. The normalized spacial score (nSPS) is 21.0. The highest BCUT2D eigenvalue weighted by atomic mass is 16.5. The molecule has 0 aliphatic carbocycles. The summed E-state index contributed by atoms with van der Waals surface area (Å²) >= 11 is 0. The van der Waals surface area contributed by atoms with Crippen LogP contribution in [-0.4, -0.2) is 44.3 Å². The largest absolute Gasteiger partial charge is 0.383 e. The molecule has 1 rings (SSSR count). The zero-order chi connectivity index (χ0) is 10.2. The molecule has 1 heterocycles. The van der Waals surface area contributed by atoms with E-state index in [0.29, 0.717) is 6.04 Å². The quantitative estimate of drug-likeness (QED) is 0.701. The number of rotatable bonds is 6. The zero-order valence-corrected chi connectivity index (χ0v) is 9.37. The number of piperidine rings is 1.